The van der Waals surface area contributed by atoms with E-state index in [-0.39, 0.29) is 17.9 Å². The third-order valence-corrected chi connectivity index (χ3v) is 2.26. The van der Waals surface area contributed by atoms with Gasteiger partial charge in [0.05, 0.1) is 0 Å². The smallest absolute Gasteiger partial charge is 0.282 e. The molecule has 74 valence electrons. The molecular formula is C10H11FN2O. The van der Waals surface area contributed by atoms with Crippen LogP contribution in [0, 0.1) is 12.7 Å². The predicted molar refractivity (Wildman–Crippen MR) is 51.5 cm³/mol. The highest BCUT2D eigenvalue weighted by Gasteiger charge is 2.20. The Bertz CT molecular complexity index is 390. The Hall–Kier alpha value is -1.58. The number of nitrogens with two attached hydrogens (primary N) is 1. The van der Waals surface area contributed by atoms with Crippen LogP contribution in [0.25, 0.3) is 0 Å². The van der Waals surface area contributed by atoms with Gasteiger partial charge in [0.15, 0.2) is 0 Å². The standard InChI is InChI=1S/C10H11FN2O/c1-6-4-7(11)2-3-8(6)9-5-14-10(12)13-9/h2-4,9H,5H2,1H3,(H2,12,13)/t9-/m0/s1. The molecule has 1 aromatic carbocycles. The van der Waals surface area contributed by atoms with Crippen molar-refractivity contribution in [1.29, 1.82) is 0 Å². The van der Waals surface area contributed by atoms with Gasteiger partial charge in [0, 0.05) is 0 Å². The molecular weight excluding hydrogens is 183 g/mol. The summed E-state index contributed by atoms with van der Waals surface area (Å²) in [6.07, 6.45) is 0. The third-order valence-electron chi connectivity index (χ3n) is 2.26. The summed E-state index contributed by atoms with van der Waals surface area (Å²) in [5.41, 5.74) is 7.23. The van der Waals surface area contributed by atoms with E-state index in [1.165, 1.54) is 12.1 Å². The van der Waals surface area contributed by atoms with E-state index in [1.807, 2.05) is 6.92 Å². The number of ether oxygens (including phenoxy) is 1. The molecule has 4 heteroatoms. The number of benzene rings is 1. The molecule has 0 amide bonds. The van der Waals surface area contributed by atoms with Crippen molar-refractivity contribution in [2.75, 3.05) is 6.61 Å². The third kappa shape index (κ3) is 1.55. The fourth-order valence-corrected chi connectivity index (χ4v) is 1.56. The molecule has 14 heavy (non-hydrogen) atoms. The largest absolute Gasteiger partial charge is 0.463 e. The Morgan fingerprint density at radius 1 is 1.57 bits per heavy atom. The second kappa shape index (κ2) is 3.29. The van der Waals surface area contributed by atoms with Crippen LogP contribution in [-0.2, 0) is 4.74 Å². The minimum Gasteiger partial charge on any atom is -0.463 e. The van der Waals surface area contributed by atoms with Crippen LogP contribution in [0.3, 0.4) is 0 Å². The lowest BCUT2D eigenvalue weighted by Gasteiger charge is -2.08. The molecule has 0 spiro atoms. The van der Waals surface area contributed by atoms with Crippen LogP contribution in [0.4, 0.5) is 4.39 Å². The molecule has 2 rings (SSSR count). The second-order valence-corrected chi connectivity index (χ2v) is 3.30. The highest BCUT2D eigenvalue weighted by atomic mass is 19.1. The molecule has 0 bridgehead atoms. The number of amidine groups is 1. The molecule has 0 radical (unpaired) electrons. The minimum atomic E-state index is -0.234. The van der Waals surface area contributed by atoms with Crippen molar-refractivity contribution < 1.29 is 9.13 Å². The van der Waals surface area contributed by atoms with Crippen molar-refractivity contribution in [1.82, 2.24) is 0 Å². The van der Waals surface area contributed by atoms with Crippen molar-refractivity contribution in [2.24, 2.45) is 10.7 Å². The number of hydrogen-bond donors (Lipinski definition) is 1. The molecule has 1 heterocycles. The van der Waals surface area contributed by atoms with Gasteiger partial charge in [-0.05, 0) is 30.2 Å². The molecule has 0 saturated carbocycles. The van der Waals surface area contributed by atoms with Gasteiger partial charge < -0.3 is 10.5 Å². The molecule has 0 aromatic heterocycles. The quantitative estimate of drug-likeness (QED) is 0.736. The zero-order chi connectivity index (χ0) is 10.1. The Labute approximate surface area is 81.4 Å². The number of aryl methyl sites for hydroxylation is 1. The van der Waals surface area contributed by atoms with E-state index in [0.29, 0.717) is 6.61 Å². The van der Waals surface area contributed by atoms with E-state index in [2.05, 4.69) is 4.99 Å². The van der Waals surface area contributed by atoms with Crippen molar-refractivity contribution in [2.45, 2.75) is 13.0 Å². The lowest BCUT2D eigenvalue weighted by molar-refractivity contribution is 0.314. The normalized spacial score (nSPS) is 20.4. The van der Waals surface area contributed by atoms with Crippen molar-refractivity contribution in [3.05, 3.63) is 35.1 Å². The SMILES string of the molecule is Cc1cc(F)ccc1[C@@H]1COC(N)=N1. The number of hydrogen-bond acceptors (Lipinski definition) is 3. The maximum absolute atomic E-state index is 12.8. The van der Waals surface area contributed by atoms with Crippen LogP contribution >= 0.6 is 0 Å². The van der Waals surface area contributed by atoms with Gasteiger partial charge in [-0.25, -0.2) is 9.38 Å². The first-order chi connectivity index (χ1) is 6.66. The molecule has 1 aromatic rings. The molecule has 3 nitrogen and oxygen atoms in total. The van der Waals surface area contributed by atoms with E-state index in [1.54, 1.807) is 6.07 Å². The number of aliphatic imine (C=N–C) groups is 1. The monoisotopic (exact) mass is 194 g/mol. The van der Waals surface area contributed by atoms with Gasteiger partial charge in [-0.1, -0.05) is 6.07 Å². The molecule has 1 aliphatic rings. The zero-order valence-electron chi connectivity index (χ0n) is 7.83. The first-order valence-corrected chi connectivity index (χ1v) is 4.39. The first-order valence-electron chi connectivity index (χ1n) is 4.39. The van der Waals surface area contributed by atoms with Crippen LogP contribution in [0.1, 0.15) is 17.2 Å². The van der Waals surface area contributed by atoms with E-state index in [0.717, 1.165) is 11.1 Å². The molecule has 1 atom stereocenters. The van der Waals surface area contributed by atoms with Crippen LogP contribution in [0.15, 0.2) is 23.2 Å². The maximum Gasteiger partial charge on any atom is 0.282 e. The molecule has 0 saturated heterocycles. The summed E-state index contributed by atoms with van der Waals surface area (Å²) < 4.78 is 17.9. The van der Waals surface area contributed by atoms with Crippen molar-refractivity contribution >= 4 is 6.02 Å². The average Bonchev–Trinajstić information content (AvgIpc) is 2.51. The molecule has 1 aliphatic heterocycles. The summed E-state index contributed by atoms with van der Waals surface area (Å²) in [6, 6.07) is 4.75. The number of rotatable bonds is 1. The predicted octanol–water partition coefficient (Wildman–Crippen LogP) is 1.52. The fourth-order valence-electron chi connectivity index (χ4n) is 1.56. The van der Waals surface area contributed by atoms with Gasteiger partial charge >= 0.3 is 0 Å². The second-order valence-electron chi connectivity index (χ2n) is 3.30. The van der Waals surface area contributed by atoms with E-state index < -0.39 is 0 Å². The van der Waals surface area contributed by atoms with Crippen LogP contribution in [0.5, 0.6) is 0 Å². The Morgan fingerprint density at radius 3 is 2.93 bits per heavy atom. The minimum absolute atomic E-state index is 0.0874. The van der Waals surface area contributed by atoms with Crippen LogP contribution in [-0.4, -0.2) is 12.6 Å². The molecule has 0 fully saturated rings. The average molecular weight is 194 g/mol. The summed E-state index contributed by atoms with van der Waals surface area (Å²) in [5, 5.41) is 0. The zero-order valence-corrected chi connectivity index (χ0v) is 7.83. The highest BCUT2D eigenvalue weighted by molar-refractivity contribution is 5.73. The molecule has 0 unspecified atom stereocenters. The fraction of sp³-hybridized carbons (Fsp3) is 0.300. The maximum atomic E-state index is 12.8. The topological polar surface area (TPSA) is 47.6 Å². The van der Waals surface area contributed by atoms with Crippen LogP contribution < -0.4 is 5.73 Å². The molecule has 0 aliphatic carbocycles. The van der Waals surface area contributed by atoms with Gasteiger partial charge in [-0.15, -0.1) is 0 Å². The Morgan fingerprint density at radius 2 is 2.36 bits per heavy atom. The summed E-state index contributed by atoms with van der Waals surface area (Å²) >= 11 is 0. The van der Waals surface area contributed by atoms with Crippen LogP contribution in [0.2, 0.25) is 0 Å². The number of nitrogens with zero attached hydrogens (tertiary/aromatic N) is 1. The van der Waals surface area contributed by atoms with Crippen molar-refractivity contribution in [3.63, 3.8) is 0 Å². The lowest BCUT2D eigenvalue weighted by atomic mass is 10.0. The van der Waals surface area contributed by atoms with Gasteiger partial charge in [0.25, 0.3) is 6.02 Å². The summed E-state index contributed by atoms with van der Waals surface area (Å²) in [4.78, 5) is 4.10. The summed E-state index contributed by atoms with van der Waals surface area (Å²) in [6.45, 7) is 2.29. The van der Waals surface area contributed by atoms with E-state index in [4.69, 9.17) is 10.5 Å². The lowest BCUT2D eigenvalue weighted by Crippen LogP contribution is -2.10. The number of halogens is 1. The highest BCUT2D eigenvalue weighted by Crippen LogP contribution is 2.25. The van der Waals surface area contributed by atoms with Gasteiger partial charge in [-0.3, -0.25) is 0 Å². The van der Waals surface area contributed by atoms with Gasteiger partial charge in [0.2, 0.25) is 0 Å². The van der Waals surface area contributed by atoms with E-state index >= 15 is 0 Å². The van der Waals surface area contributed by atoms with Crippen molar-refractivity contribution in [3.8, 4) is 0 Å². The van der Waals surface area contributed by atoms with Gasteiger partial charge in [0.1, 0.15) is 18.5 Å². The Kier molecular flexibility index (Phi) is 2.11. The summed E-state index contributed by atoms with van der Waals surface area (Å²) in [7, 11) is 0. The molecule has 2 N–H and O–H groups in total. The Balaban J connectivity index is 2.33. The first kappa shape index (κ1) is 8.99. The van der Waals surface area contributed by atoms with Gasteiger partial charge in [-0.2, -0.15) is 0 Å². The summed E-state index contributed by atoms with van der Waals surface area (Å²) in [5.74, 6) is -0.234. The van der Waals surface area contributed by atoms with E-state index in [9.17, 15) is 4.39 Å².